The molecule has 2 aromatic carbocycles. The number of hydrogen-bond acceptors (Lipinski definition) is 6. The topological polar surface area (TPSA) is 70.1 Å². The van der Waals surface area contributed by atoms with Gasteiger partial charge >= 0.3 is 6.03 Å². The zero-order valence-electron chi connectivity index (χ0n) is 20.1. The van der Waals surface area contributed by atoms with Gasteiger partial charge in [0.05, 0.1) is 23.1 Å². The van der Waals surface area contributed by atoms with Crippen molar-refractivity contribution in [1.82, 2.24) is 9.97 Å². The summed E-state index contributed by atoms with van der Waals surface area (Å²) in [7, 11) is 3.98. The minimum absolute atomic E-state index is 0.375. The number of carbonyl (C=O) groups excluding carboxylic acids is 1. The summed E-state index contributed by atoms with van der Waals surface area (Å²) >= 11 is 9.68. The smallest absolute Gasteiger partial charge is 0.323 e. The Morgan fingerprint density at radius 1 is 1.03 bits per heavy atom. The molecule has 0 radical (unpaired) electrons. The van der Waals surface area contributed by atoms with E-state index >= 15 is 0 Å². The molecule has 0 saturated heterocycles. The fourth-order valence-electron chi connectivity index (χ4n) is 3.81. The molecule has 4 aromatic rings. The number of nitrogens with one attached hydrogen (secondary N) is 2. The molecule has 0 saturated carbocycles. The van der Waals surface area contributed by atoms with Crippen molar-refractivity contribution in [3.63, 3.8) is 0 Å². The molecular weight excluding hydrogens is 498 g/mol. The van der Waals surface area contributed by atoms with Crippen molar-refractivity contribution in [2.24, 2.45) is 0 Å². The predicted molar refractivity (Wildman–Crippen MR) is 152 cm³/mol. The van der Waals surface area contributed by atoms with Crippen LogP contribution in [0.25, 0.3) is 22.0 Å². The lowest BCUT2D eigenvalue weighted by atomic mass is 9.99. The fraction of sp³-hybridized carbons (Fsp3) is 0.192. The van der Waals surface area contributed by atoms with Gasteiger partial charge in [-0.05, 0) is 49.8 Å². The first-order chi connectivity index (χ1) is 16.8. The van der Waals surface area contributed by atoms with Crippen LogP contribution >= 0.6 is 35.1 Å². The summed E-state index contributed by atoms with van der Waals surface area (Å²) in [6.07, 6.45) is 5.60. The maximum Gasteiger partial charge on any atom is 0.323 e. The lowest BCUT2D eigenvalue weighted by Gasteiger charge is -2.19. The van der Waals surface area contributed by atoms with E-state index in [4.69, 9.17) is 11.6 Å². The first-order valence-electron chi connectivity index (χ1n) is 10.8. The lowest BCUT2D eigenvalue weighted by Crippen LogP contribution is -2.21. The van der Waals surface area contributed by atoms with E-state index in [9.17, 15) is 4.79 Å². The third-order valence-electron chi connectivity index (χ3n) is 5.49. The molecule has 2 amide bonds. The van der Waals surface area contributed by atoms with Gasteiger partial charge in [0.2, 0.25) is 0 Å². The van der Waals surface area contributed by atoms with Crippen LogP contribution in [0.2, 0.25) is 5.02 Å². The van der Waals surface area contributed by atoms with Crippen molar-refractivity contribution >= 4 is 69.1 Å². The van der Waals surface area contributed by atoms with Crippen LogP contribution in [0.5, 0.6) is 0 Å². The number of nitrogens with zero attached hydrogens (tertiary/aromatic N) is 3. The number of urea groups is 1. The molecule has 0 spiro atoms. The Balaban J connectivity index is 1.81. The second-order valence-electron chi connectivity index (χ2n) is 8.05. The summed E-state index contributed by atoms with van der Waals surface area (Å²) in [4.78, 5) is 25.4. The van der Waals surface area contributed by atoms with E-state index in [1.54, 1.807) is 18.0 Å². The third-order valence-corrected chi connectivity index (χ3v) is 7.26. The van der Waals surface area contributed by atoms with Gasteiger partial charge in [-0.3, -0.25) is 4.98 Å². The second kappa shape index (κ2) is 10.8. The molecule has 0 aliphatic carbocycles. The first kappa shape index (κ1) is 25.2. The molecule has 2 heterocycles. The fourth-order valence-corrected chi connectivity index (χ4v) is 5.35. The number of aryl methyl sites for hydroxylation is 1. The van der Waals surface area contributed by atoms with Crippen molar-refractivity contribution in [1.29, 1.82) is 0 Å². The Bertz CT molecular complexity index is 1390. The molecule has 9 heteroatoms. The van der Waals surface area contributed by atoms with E-state index in [-0.39, 0.29) is 6.03 Å². The summed E-state index contributed by atoms with van der Waals surface area (Å²) in [5.41, 5.74) is 5.63. The molecule has 0 unspecified atom stereocenters. The van der Waals surface area contributed by atoms with Crippen LogP contribution in [-0.2, 0) is 0 Å². The number of carbonyl (C=O) groups is 1. The summed E-state index contributed by atoms with van der Waals surface area (Å²) in [6.45, 7) is 1.95. The molecule has 180 valence electrons. The summed E-state index contributed by atoms with van der Waals surface area (Å²) in [6, 6.07) is 15.3. The number of thioether (sulfide) groups is 2. The Hall–Kier alpha value is -2.94. The molecule has 35 heavy (non-hydrogen) atoms. The van der Waals surface area contributed by atoms with Gasteiger partial charge in [0, 0.05) is 51.9 Å². The van der Waals surface area contributed by atoms with Crippen LogP contribution in [0, 0.1) is 6.92 Å². The molecule has 0 fully saturated rings. The standard InChI is InChI=1S/C26H26ClN5OS2/c1-15-12-22(34-4)24(25(29-15)35-5)31-26(33)30-21-14-28-20-11-10-16(32(2)3)13-18(20)23(21)17-8-6-7-9-19(17)27/h6-14H,1-5H3,(H2,30,31,33). The first-order valence-corrected chi connectivity index (χ1v) is 13.7. The highest BCUT2D eigenvalue weighted by molar-refractivity contribution is 7.99. The maximum absolute atomic E-state index is 13.2. The summed E-state index contributed by atoms with van der Waals surface area (Å²) in [5.74, 6) is 0. The minimum atomic E-state index is -0.375. The van der Waals surface area contributed by atoms with Crippen molar-refractivity contribution < 1.29 is 4.79 Å². The van der Waals surface area contributed by atoms with Gasteiger partial charge in [-0.25, -0.2) is 9.78 Å². The molecule has 2 N–H and O–H groups in total. The number of fused-ring (bicyclic) bond motifs is 1. The number of benzene rings is 2. The van der Waals surface area contributed by atoms with Crippen LogP contribution in [0.4, 0.5) is 21.9 Å². The van der Waals surface area contributed by atoms with E-state index in [0.717, 1.165) is 43.3 Å². The van der Waals surface area contributed by atoms with E-state index in [1.165, 1.54) is 11.8 Å². The molecule has 0 aliphatic heterocycles. The lowest BCUT2D eigenvalue weighted by molar-refractivity contribution is 0.262. The highest BCUT2D eigenvalue weighted by Gasteiger charge is 2.19. The minimum Gasteiger partial charge on any atom is -0.378 e. The van der Waals surface area contributed by atoms with Crippen molar-refractivity contribution in [3.8, 4) is 11.1 Å². The highest BCUT2D eigenvalue weighted by Crippen LogP contribution is 2.40. The zero-order chi connectivity index (χ0) is 25.1. The molecular formula is C26H26ClN5OS2. The molecule has 0 bridgehead atoms. The van der Waals surface area contributed by atoms with E-state index in [1.807, 2.05) is 80.9 Å². The SMILES string of the molecule is CSc1cc(C)nc(SC)c1NC(=O)Nc1cnc2ccc(N(C)C)cc2c1-c1ccccc1Cl. The number of pyridine rings is 2. The number of aromatic nitrogens is 2. The average Bonchev–Trinajstić information content (AvgIpc) is 2.84. The predicted octanol–water partition coefficient (Wildman–Crippen LogP) is 7.41. The van der Waals surface area contributed by atoms with E-state index < -0.39 is 0 Å². The van der Waals surface area contributed by atoms with Crippen LogP contribution in [-0.4, -0.2) is 42.6 Å². The summed E-state index contributed by atoms with van der Waals surface area (Å²) in [5, 5.41) is 8.27. The van der Waals surface area contributed by atoms with Crippen molar-refractivity contribution in [2.75, 3.05) is 42.1 Å². The van der Waals surface area contributed by atoms with Crippen molar-refractivity contribution in [3.05, 3.63) is 65.4 Å². The van der Waals surface area contributed by atoms with Gasteiger partial charge in [-0.2, -0.15) is 0 Å². The Labute approximate surface area is 218 Å². The van der Waals surface area contributed by atoms with Gasteiger partial charge in [-0.1, -0.05) is 29.8 Å². The van der Waals surface area contributed by atoms with Gasteiger partial charge < -0.3 is 15.5 Å². The molecule has 6 nitrogen and oxygen atoms in total. The molecule has 4 rings (SSSR count). The largest absolute Gasteiger partial charge is 0.378 e. The second-order valence-corrected chi connectivity index (χ2v) is 10.1. The van der Waals surface area contributed by atoms with Crippen LogP contribution in [0.15, 0.2) is 64.6 Å². The average molecular weight is 524 g/mol. The van der Waals surface area contributed by atoms with Gasteiger partial charge in [0.1, 0.15) is 5.03 Å². The van der Waals surface area contributed by atoms with Crippen LogP contribution in [0.3, 0.4) is 0 Å². The zero-order valence-corrected chi connectivity index (χ0v) is 22.5. The quantitative estimate of drug-likeness (QED) is 0.256. The number of hydrogen-bond donors (Lipinski definition) is 2. The number of amides is 2. The summed E-state index contributed by atoms with van der Waals surface area (Å²) < 4.78 is 0. The van der Waals surface area contributed by atoms with Crippen LogP contribution < -0.4 is 15.5 Å². The van der Waals surface area contributed by atoms with Crippen molar-refractivity contribution in [2.45, 2.75) is 16.8 Å². The maximum atomic E-state index is 13.2. The Morgan fingerprint density at radius 3 is 2.49 bits per heavy atom. The third kappa shape index (κ3) is 5.34. The Kier molecular flexibility index (Phi) is 7.74. The van der Waals surface area contributed by atoms with Crippen LogP contribution in [0.1, 0.15) is 5.69 Å². The molecule has 2 aromatic heterocycles. The Morgan fingerprint density at radius 2 is 1.80 bits per heavy atom. The van der Waals surface area contributed by atoms with Gasteiger partial charge in [0.25, 0.3) is 0 Å². The van der Waals surface area contributed by atoms with Gasteiger partial charge in [0.15, 0.2) is 0 Å². The number of halogens is 1. The van der Waals surface area contributed by atoms with E-state index in [0.29, 0.717) is 16.4 Å². The van der Waals surface area contributed by atoms with E-state index in [2.05, 4.69) is 26.7 Å². The number of rotatable bonds is 6. The molecule has 0 aliphatic rings. The molecule has 0 atom stereocenters. The number of anilines is 3. The van der Waals surface area contributed by atoms with Gasteiger partial charge in [-0.15, -0.1) is 23.5 Å². The normalized spacial score (nSPS) is 10.9. The highest BCUT2D eigenvalue weighted by atomic mass is 35.5. The monoisotopic (exact) mass is 523 g/mol.